The molecule has 18 heavy (non-hydrogen) atoms. The van der Waals surface area contributed by atoms with Crippen LogP contribution in [0, 0.1) is 0 Å². The predicted octanol–water partition coefficient (Wildman–Crippen LogP) is -3.45. The molecule has 2 atom stereocenters. The van der Waals surface area contributed by atoms with Crippen LogP contribution in [0.25, 0.3) is 0 Å². The van der Waals surface area contributed by atoms with Gasteiger partial charge in [-0.1, -0.05) is 0 Å². The van der Waals surface area contributed by atoms with Gasteiger partial charge in [-0.2, -0.15) is 16.8 Å². The molecular weight excluding hydrogens is 292 g/mol. The molecule has 2 unspecified atom stereocenters. The van der Waals surface area contributed by atoms with Crippen molar-refractivity contribution in [2.75, 3.05) is 13.1 Å². The minimum Gasteiger partial charge on any atom is -0.329 e. The summed E-state index contributed by atoms with van der Waals surface area (Å²) in [6.07, 6.45) is 0. The first-order valence-corrected chi connectivity index (χ1v) is 7.38. The molecule has 0 saturated heterocycles. The highest BCUT2D eigenvalue weighted by atomic mass is 32.2. The highest BCUT2D eigenvalue weighted by molar-refractivity contribution is 7.88. The molecule has 0 aromatic carbocycles. The molecule has 0 heterocycles. The molecule has 0 bridgehead atoms. The van der Waals surface area contributed by atoms with Gasteiger partial charge in [-0.3, -0.25) is 18.7 Å². The molecule has 106 valence electrons. The van der Waals surface area contributed by atoms with E-state index < -0.39 is 55.4 Å². The highest BCUT2D eigenvalue weighted by Gasteiger charge is 2.41. The summed E-state index contributed by atoms with van der Waals surface area (Å²) in [4.78, 5) is 22.7. The Balaban J connectivity index is 5.41. The molecule has 0 aliphatic heterocycles. The van der Waals surface area contributed by atoms with Gasteiger partial charge in [0.15, 0.2) is 10.5 Å². The van der Waals surface area contributed by atoms with E-state index in [1.54, 1.807) is 0 Å². The normalized spacial score (nSPS) is 16.0. The van der Waals surface area contributed by atoms with E-state index in [9.17, 15) is 26.4 Å². The summed E-state index contributed by atoms with van der Waals surface area (Å²) in [6, 6.07) is 0. The van der Waals surface area contributed by atoms with E-state index in [2.05, 4.69) is 0 Å². The third-order valence-electron chi connectivity index (χ3n) is 1.97. The quantitative estimate of drug-likeness (QED) is 0.271. The standard InChI is InChI=1S/C6H12N2O8S2/c7-1-3(17(11,12)13)5(9)6(10)4(2-8)18(14,15)16/h3-4H,1-2,7-8H2,(H,11,12,13)(H,14,15,16). The molecule has 0 radical (unpaired) electrons. The van der Waals surface area contributed by atoms with Crippen LogP contribution >= 0.6 is 0 Å². The summed E-state index contributed by atoms with van der Waals surface area (Å²) in [6.45, 7) is -1.85. The van der Waals surface area contributed by atoms with Crippen molar-refractivity contribution >= 4 is 31.8 Å². The van der Waals surface area contributed by atoms with Crippen molar-refractivity contribution in [1.29, 1.82) is 0 Å². The van der Waals surface area contributed by atoms with Gasteiger partial charge >= 0.3 is 0 Å². The third kappa shape index (κ3) is 4.08. The maximum Gasteiger partial charge on any atom is 0.276 e. The Morgan fingerprint density at radius 2 is 1.06 bits per heavy atom. The van der Waals surface area contributed by atoms with Gasteiger partial charge in [-0.25, -0.2) is 0 Å². The predicted molar refractivity (Wildman–Crippen MR) is 58.8 cm³/mol. The van der Waals surface area contributed by atoms with Gasteiger partial charge in [0.05, 0.1) is 0 Å². The third-order valence-corrected chi connectivity index (χ3v) is 4.23. The first-order chi connectivity index (χ1) is 7.96. The molecule has 0 aliphatic rings. The summed E-state index contributed by atoms with van der Waals surface area (Å²) in [7, 11) is -9.92. The minimum absolute atomic E-state index is 0.924. The van der Waals surface area contributed by atoms with Crippen molar-refractivity contribution in [3.05, 3.63) is 0 Å². The summed E-state index contributed by atoms with van der Waals surface area (Å²) >= 11 is 0. The highest BCUT2D eigenvalue weighted by Crippen LogP contribution is 2.06. The maximum absolute atomic E-state index is 11.4. The Morgan fingerprint density at radius 3 is 1.17 bits per heavy atom. The zero-order chi connectivity index (χ0) is 14.7. The van der Waals surface area contributed by atoms with Crippen molar-refractivity contribution in [3.63, 3.8) is 0 Å². The van der Waals surface area contributed by atoms with Crippen LogP contribution in [0.2, 0.25) is 0 Å². The van der Waals surface area contributed by atoms with E-state index in [4.69, 9.17) is 20.6 Å². The maximum atomic E-state index is 11.4. The van der Waals surface area contributed by atoms with E-state index in [-0.39, 0.29) is 0 Å². The second-order valence-corrected chi connectivity index (χ2v) is 6.41. The van der Waals surface area contributed by atoms with Gasteiger partial charge in [0.25, 0.3) is 20.2 Å². The molecule has 0 saturated carbocycles. The summed E-state index contributed by atoms with van der Waals surface area (Å²) < 4.78 is 60.2. The summed E-state index contributed by atoms with van der Waals surface area (Å²) in [5.41, 5.74) is 9.79. The monoisotopic (exact) mass is 304 g/mol. The van der Waals surface area contributed by atoms with E-state index >= 15 is 0 Å². The molecule has 0 fully saturated rings. The molecule has 0 aromatic heterocycles. The molecular formula is C6H12N2O8S2. The average Bonchev–Trinajstić information content (AvgIpc) is 2.14. The average molecular weight is 304 g/mol. The fraction of sp³-hybridized carbons (Fsp3) is 0.667. The minimum atomic E-state index is -4.96. The number of Topliss-reactive ketones (excluding diaryl/α,β-unsaturated/α-hetero) is 2. The zero-order valence-electron chi connectivity index (χ0n) is 8.88. The first-order valence-electron chi connectivity index (χ1n) is 4.37. The van der Waals surface area contributed by atoms with E-state index in [1.165, 1.54) is 0 Å². The van der Waals surface area contributed by atoms with Crippen LogP contribution in [0.15, 0.2) is 0 Å². The molecule has 12 heteroatoms. The van der Waals surface area contributed by atoms with Crippen LogP contribution in [-0.2, 0) is 29.8 Å². The van der Waals surface area contributed by atoms with Crippen molar-refractivity contribution in [1.82, 2.24) is 0 Å². The van der Waals surface area contributed by atoms with Crippen LogP contribution in [0.3, 0.4) is 0 Å². The molecule has 0 spiro atoms. The number of nitrogens with two attached hydrogens (primary N) is 2. The number of hydrogen-bond acceptors (Lipinski definition) is 8. The van der Waals surface area contributed by atoms with Gasteiger partial charge in [-0.15, -0.1) is 0 Å². The van der Waals surface area contributed by atoms with Crippen LogP contribution in [0.5, 0.6) is 0 Å². The van der Waals surface area contributed by atoms with Gasteiger partial charge in [0.2, 0.25) is 11.6 Å². The molecule has 0 aromatic rings. The van der Waals surface area contributed by atoms with E-state index in [0.717, 1.165) is 0 Å². The second-order valence-electron chi connectivity index (χ2n) is 3.21. The largest absolute Gasteiger partial charge is 0.329 e. The molecule has 6 N–H and O–H groups in total. The Morgan fingerprint density at radius 1 is 0.833 bits per heavy atom. The van der Waals surface area contributed by atoms with Crippen LogP contribution in [0.1, 0.15) is 0 Å². The second kappa shape index (κ2) is 5.81. The van der Waals surface area contributed by atoms with E-state index in [0.29, 0.717) is 0 Å². The zero-order valence-corrected chi connectivity index (χ0v) is 10.5. The fourth-order valence-corrected chi connectivity index (χ4v) is 2.30. The topological polar surface area (TPSA) is 195 Å². The van der Waals surface area contributed by atoms with Crippen LogP contribution < -0.4 is 11.5 Å². The molecule has 0 amide bonds. The van der Waals surface area contributed by atoms with Crippen molar-refractivity contribution in [2.45, 2.75) is 10.5 Å². The Bertz CT molecular complexity index is 486. The Kier molecular flexibility index (Phi) is 5.52. The van der Waals surface area contributed by atoms with E-state index in [1.807, 2.05) is 0 Å². The molecule has 0 aliphatic carbocycles. The van der Waals surface area contributed by atoms with Crippen molar-refractivity contribution in [3.8, 4) is 0 Å². The number of carbonyl (C=O) groups is 2. The fourth-order valence-electron chi connectivity index (χ4n) is 1.05. The number of hydrogen-bond donors (Lipinski definition) is 4. The lowest BCUT2D eigenvalue weighted by molar-refractivity contribution is -0.136. The summed E-state index contributed by atoms with van der Waals surface area (Å²) in [5, 5.41) is -4.58. The smallest absolute Gasteiger partial charge is 0.276 e. The lowest BCUT2D eigenvalue weighted by atomic mass is 10.1. The molecule has 0 rings (SSSR count). The lowest BCUT2D eigenvalue weighted by Crippen LogP contribution is -2.48. The van der Waals surface area contributed by atoms with Crippen LogP contribution in [-0.4, -0.2) is 61.1 Å². The number of rotatable bonds is 7. The van der Waals surface area contributed by atoms with Crippen molar-refractivity contribution in [2.24, 2.45) is 11.5 Å². The Hall–Kier alpha value is -0.920. The van der Waals surface area contributed by atoms with Crippen LogP contribution in [0.4, 0.5) is 0 Å². The van der Waals surface area contributed by atoms with Gasteiger partial charge < -0.3 is 11.5 Å². The lowest BCUT2D eigenvalue weighted by Gasteiger charge is -2.13. The summed E-state index contributed by atoms with van der Waals surface area (Å²) in [5.74, 6) is -3.51. The van der Waals surface area contributed by atoms with Gasteiger partial charge in [0, 0.05) is 13.1 Å². The van der Waals surface area contributed by atoms with Crippen molar-refractivity contribution < 1.29 is 35.5 Å². The number of ketones is 2. The molecule has 10 nitrogen and oxygen atoms in total. The Labute approximate surface area is 103 Å². The number of carbonyl (C=O) groups excluding carboxylic acids is 2. The van der Waals surface area contributed by atoms with Gasteiger partial charge in [-0.05, 0) is 0 Å². The SMILES string of the molecule is NCC(C(=O)C(=O)C(CN)S(=O)(=O)O)S(=O)(=O)O. The first kappa shape index (κ1) is 17.1. The van der Waals surface area contributed by atoms with Gasteiger partial charge in [0.1, 0.15) is 0 Å².